The van der Waals surface area contributed by atoms with Crippen molar-refractivity contribution in [2.45, 2.75) is 4.90 Å². The predicted octanol–water partition coefficient (Wildman–Crippen LogP) is 2.81. The van der Waals surface area contributed by atoms with Crippen molar-refractivity contribution in [1.29, 1.82) is 0 Å². The van der Waals surface area contributed by atoms with Crippen molar-refractivity contribution in [2.75, 3.05) is 16.8 Å². The zero-order valence-electron chi connectivity index (χ0n) is 10.8. The van der Waals surface area contributed by atoms with E-state index in [1.54, 1.807) is 29.6 Å². The van der Waals surface area contributed by atoms with Crippen molar-refractivity contribution in [3.05, 3.63) is 40.2 Å². The maximum absolute atomic E-state index is 11.9. The zero-order chi connectivity index (χ0) is 15.4. The van der Waals surface area contributed by atoms with Crippen LogP contribution in [0.5, 0.6) is 0 Å². The molecular weight excluding hydrogens is 330 g/mol. The van der Waals surface area contributed by atoms with Crippen LogP contribution in [0.25, 0.3) is 0 Å². The number of carbonyl (C=O) groups excluding carboxylic acids is 2. The Bertz CT molecular complexity index is 688. The number of hydrogen-bond acceptors (Lipinski definition) is 5. The van der Waals surface area contributed by atoms with Crippen molar-refractivity contribution in [3.63, 3.8) is 0 Å². The average molecular weight is 342 g/mol. The number of nitrogen functional groups attached to an aromatic ring is 1. The van der Waals surface area contributed by atoms with Gasteiger partial charge in [-0.25, -0.2) is 0 Å². The first kappa shape index (κ1) is 15.7. The molecule has 2 aromatic rings. The van der Waals surface area contributed by atoms with Gasteiger partial charge in [0.25, 0.3) is 5.91 Å². The quantitative estimate of drug-likeness (QED) is 0.575. The molecule has 0 unspecified atom stereocenters. The molecule has 2 amide bonds. The summed E-state index contributed by atoms with van der Waals surface area (Å²) in [6.07, 6.45) is 0. The van der Waals surface area contributed by atoms with E-state index in [4.69, 9.17) is 23.1 Å². The SMILES string of the molecule is NC(=O)c1ccsc1NC(=O)CSc1ccc(N)c(Cl)c1. The minimum atomic E-state index is -0.565. The molecule has 8 heteroatoms. The Morgan fingerprint density at radius 3 is 2.76 bits per heavy atom. The monoisotopic (exact) mass is 341 g/mol. The van der Waals surface area contributed by atoms with Crippen LogP contribution in [-0.2, 0) is 4.79 Å². The van der Waals surface area contributed by atoms with Crippen molar-refractivity contribution in [2.24, 2.45) is 5.73 Å². The zero-order valence-corrected chi connectivity index (χ0v) is 13.1. The first-order valence-electron chi connectivity index (χ1n) is 5.82. The molecule has 0 saturated carbocycles. The average Bonchev–Trinajstić information content (AvgIpc) is 2.88. The fraction of sp³-hybridized carbons (Fsp3) is 0.0769. The highest BCUT2D eigenvalue weighted by Crippen LogP contribution is 2.27. The molecule has 0 aliphatic heterocycles. The summed E-state index contributed by atoms with van der Waals surface area (Å²) in [6.45, 7) is 0. The van der Waals surface area contributed by atoms with Crippen LogP contribution in [0.4, 0.5) is 10.7 Å². The molecule has 2 rings (SSSR count). The van der Waals surface area contributed by atoms with Gasteiger partial charge >= 0.3 is 0 Å². The normalized spacial score (nSPS) is 10.3. The van der Waals surface area contributed by atoms with Crippen LogP contribution >= 0.6 is 34.7 Å². The summed E-state index contributed by atoms with van der Waals surface area (Å²) in [4.78, 5) is 23.9. The van der Waals surface area contributed by atoms with Crippen LogP contribution < -0.4 is 16.8 Å². The van der Waals surface area contributed by atoms with Gasteiger partial charge < -0.3 is 16.8 Å². The van der Waals surface area contributed by atoms with Gasteiger partial charge in [0.05, 0.1) is 22.0 Å². The van der Waals surface area contributed by atoms with Crippen molar-refractivity contribution >= 4 is 57.2 Å². The molecule has 0 saturated heterocycles. The lowest BCUT2D eigenvalue weighted by atomic mass is 10.3. The van der Waals surface area contributed by atoms with Gasteiger partial charge in [-0.05, 0) is 29.6 Å². The van der Waals surface area contributed by atoms with Gasteiger partial charge in [-0.15, -0.1) is 23.1 Å². The topological polar surface area (TPSA) is 98.2 Å². The number of nitrogens with one attached hydrogen (secondary N) is 1. The van der Waals surface area contributed by atoms with Gasteiger partial charge in [0, 0.05) is 4.90 Å². The number of amides is 2. The molecule has 5 nitrogen and oxygen atoms in total. The molecule has 0 atom stereocenters. The molecule has 5 N–H and O–H groups in total. The summed E-state index contributed by atoms with van der Waals surface area (Å²) in [5, 5.41) is 5.28. The van der Waals surface area contributed by atoms with Gasteiger partial charge in [-0.2, -0.15) is 0 Å². The van der Waals surface area contributed by atoms with Crippen molar-refractivity contribution in [3.8, 4) is 0 Å². The highest BCUT2D eigenvalue weighted by molar-refractivity contribution is 8.00. The molecule has 0 aliphatic rings. The Hall–Kier alpha value is -1.70. The second-order valence-corrected chi connectivity index (χ2v) is 6.42. The summed E-state index contributed by atoms with van der Waals surface area (Å²) in [6, 6.07) is 6.76. The fourth-order valence-electron chi connectivity index (χ4n) is 1.51. The number of thioether (sulfide) groups is 1. The molecule has 1 heterocycles. The smallest absolute Gasteiger partial charge is 0.251 e. The summed E-state index contributed by atoms with van der Waals surface area (Å²) in [7, 11) is 0. The van der Waals surface area contributed by atoms with Gasteiger partial charge in [0.1, 0.15) is 5.00 Å². The lowest BCUT2D eigenvalue weighted by molar-refractivity contribution is -0.113. The minimum Gasteiger partial charge on any atom is -0.398 e. The molecule has 0 radical (unpaired) electrons. The number of carbonyl (C=O) groups is 2. The first-order valence-corrected chi connectivity index (χ1v) is 8.06. The third-order valence-electron chi connectivity index (χ3n) is 2.53. The number of primary amides is 1. The van der Waals surface area contributed by atoms with E-state index >= 15 is 0 Å². The number of rotatable bonds is 5. The van der Waals surface area contributed by atoms with E-state index in [-0.39, 0.29) is 11.7 Å². The standard InChI is InChI=1S/C13H12ClN3O2S2/c14-9-5-7(1-2-10(9)15)21-6-11(18)17-13-8(12(16)19)3-4-20-13/h1-5H,6,15H2,(H2,16,19)(H,17,18). The van der Waals surface area contributed by atoms with Crippen LogP contribution in [0, 0.1) is 0 Å². The number of nitrogens with two attached hydrogens (primary N) is 2. The van der Waals surface area contributed by atoms with Crippen molar-refractivity contribution < 1.29 is 9.59 Å². The van der Waals surface area contributed by atoms with Gasteiger partial charge in [0.15, 0.2) is 0 Å². The molecule has 0 aliphatic carbocycles. The lowest BCUT2D eigenvalue weighted by Crippen LogP contribution is -2.17. The van der Waals surface area contributed by atoms with Gasteiger partial charge in [-0.1, -0.05) is 11.6 Å². The second kappa shape index (κ2) is 6.84. The summed E-state index contributed by atoms with van der Waals surface area (Å²) in [5.41, 5.74) is 11.6. The fourth-order valence-corrected chi connectivity index (χ4v) is 3.30. The third-order valence-corrected chi connectivity index (χ3v) is 4.68. The van der Waals surface area contributed by atoms with E-state index in [0.717, 1.165) is 4.90 Å². The maximum atomic E-state index is 11.9. The lowest BCUT2D eigenvalue weighted by Gasteiger charge is -2.05. The van der Waals surface area contributed by atoms with Gasteiger partial charge in [-0.3, -0.25) is 9.59 Å². The second-order valence-electron chi connectivity index (χ2n) is 4.05. The Kier molecular flexibility index (Phi) is 5.11. The summed E-state index contributed by atoms with van der Waals surface area (Å²) in [5.74, 6) is -0.599. The Balaban J connectivity index is 1.94. The molecule has 0 spiro atoms. The van der Waals surface area contributed by atoms with Crippen LogP contribution in [0.2, 0.25) is 5.02 Å². The van der Waals surface area contributed by atoms with E-state index in [2.05, 4.69) is 5.32 Å². The molecule has 1 aromatic carbocycles. The molecule has 0 bridgehead atoms. The predicted molar refractivity (Wildman–Crippen MR) is 88.1 cm³/mol. The summed E-state index contributed by atoms with van der Waals surface area (Å²) >= 11 is 8.49. The number of anilines is 2. The van der Waals surface area contributed by atoms with Crippen LogP contribution in [-0.4, -0.2) is 17.6 Å². The van der Waals surface area contributed by atoms with E-state index in [9.17, 15) is 9.59 Å². The summed E-state index contributed by atoms with van der Waals surface area (Å²) < 4.78 is 0. The van der Waals surface area contributed by atoms with Crippen LogP contribution in [0.1, 0.15) is 10.4 Å². The third kappa shape index (κ3) is 4.13. The number of benzene rings is 1. The number of thiophene rings is 1. The van der Waals surface area contributed by atoms with Gasteiger partial charge in [0.2, 0.25) is 5.91 Å². The first-order chi connectivity index (χ1) is 9.97. The molecule has 0 fully saturated rings. The highest BCUT2D eigenvalue weighted by atomic mass is 35.5. The van der Waals surface area contributed by atoms with Crippen LogP contribution in [0.15, 0.2) is 34.5 Å². The maximum Gasteiger partial charge on any atom is 0.251 e. The largest absolute Gasteiger partial charge is 0.398 e. The van der Waals surface area contributed by atoms with E-state index in [1.807, 2.05) is 0 Å². The highest BCUT2D eigenvalue weighted by Gasteiger charge is 2.12. The number of hydrogen-bond donors (Lipinski definition) is 3. The van der Waals surface area contributed by atoms with Crippen molar-refractivity contribution in [1.82, 2.24) is 0 Å². The molecule has 1 aromatic heterocycles. The Morgan fingerprint density at radius 1 is 1.33 bits per heavy atom. The molecular formula is C13H12ClN3O2S2. The molecule has 21 heavy (non-hydrogen) atoms. The van der Waals surface area contributed by atoms with E-state index in [0.29, 0.717) is 21.3 Å². The Labute approximate surface area is 134 Å². The van der Waals surface area contributed by atoms with Crippen LogP contribution in [0.3, 0.4) is 0 Å². The number of halogens is 1. The molecule has 110 valence electrons. The van der Waals surface area contributed by atoms with E-state index in [1.165, 1.54) is 23.1 Å². The minimum absolute atomic E-state index is 0.191. The Morgan fingerprint density at radius 2 is 2.10 bits per heavy atom. The van der Waals surface area contributed by atoms with E-state index < -0.39 is 5.91 Å².